The predicted molar refractivity (Wildman–Crippen MR) is 65.9 cm³/mol. The zero-order valence-electron chi connectivity index (χ0n) is 10.1. The van der Waals surface area contributed by atoms with Crippen LogP contribution in [0.5, 0.6) is 0 Å². The first-order valence-electron chi connectivity index (χ1n) is 5.41. The summed E-state index contributed by atoms with van der Waals surface area (Å²) in [6.07, 6.45) is 6.95. The fourth-order valence-corrected chi connectivity index (χ4v) is 1.25. The van der Waals surface area contributed by atoms with Gasteiger partial charge < -0.3 is 5.32 Å². The number of nitro groups is 1. The minimum atomic E-state index is -0.653. The topological polar surface area (TPSA) is 101 Å². The first kappa shape index (κ1) is 13.6. The van der Waals surface area contributed by atoms with Gasteiger partial charge in [0.2, 0.25) is 5.69 Å². The van der Waals surface area contributed by atoms with Crippen LogP contribution in [0.15, 0.2) is 30.1 Å². The van der Waals surface area contributed by atoms with Gasteiger partial charge in [-0.15, -0.1) is 0 Å². The van der Waals surface area contributed by atoms with E-state index >= 15 is 0 Å². The second kappa shape index (κ2) is 6.33. The summed E-state index contributed by atoms with van der Waals surface area (Å²) in [7, 11) is 0. The molecule has 96 valence electrons. The van der Waals surface area contributed by atoms with Crippen LogP contribution in [0, 0.1) is 10.1 Å². The van der Waals surface area contributed by atoms with Crippen molar-refractivity contribution < 1.29 is 9.72 Å². The average molecular weight is 250 g/mol. The summed E-state index contributed by atoms with van der Waals surface area (Å²) in [6.45, 7) is 3.72. The van der Waals surface area contributed by atoms with Crippen LogP contribution in [0.4, 0.5) is 5.69 Å². The average Bonchev–Trinajstić information content (AvgIpc) is 2.83. The molecule has 1 aromatic rings. The molecule has 1 rings (SSSR count). The molecule has 0 aliphatic rings. The van der Waals surface area contributed by atoms with Crippen molar-refractivity contribution in [3.05, 3.63) is 45.9 Å². The van der Waals surface area contributed by atoms with E-state index in [1.54, 1.807) is 12.2 Å². The van der Waals surface area contributed by atoms with E-state index in [1.807, 2.05) is 19.9 Å². The number of aromatic amines is 1. The monoisotopic (exact) mass is 250 g/mol. The summed E-state index contributed by atoms with van der Waals surface area (Å²) in [4.78, 5) is 21.8. The molecule has 1 aromatic heterocycles. The smallest absolute Gasteiger partial charge is 0.319 e. The highest BCUT2D eigenvalue weighted by Gasteiger charge is 2.22. The summed E-state index contributed by atoms with van der Waals surface area (Å²) >= 11 is 0. The van der Waals surface area contributed by atoms with E-state index in [0.717, 1.165) is 6.20 Å². The molecule has 0 saturated heterocycles. The fourth-order valence-electron chi connectivity index (χ4n) is 1.25. The highest BCUT2D eigenvalue weighted by molar-refractivity contribution is 5.97. The highest BCUT2D eigenvalue weighted by atomic mass is 16.6. The Morgan fingerprint density at radius 1 is 1.67 bits per heavy atom. The molecule has 0 aliphatic heterocycles. The number of aromatic nitrogens is 2. The summed E-state index contributed by atoms with van der Waals surface area (Å²) in [5.74, 6) is -0.572. The first-order chi connectivity index (χ1) is 8.60. The van der Waals surface area contributed by atoms with Crippen molar-refractivity contribution in [2.75, 3.05) is 0 Å². The molecule has 7 heteroatoms. The van der Waals surface area contributed by atoms with Gasteiger partial charge in [-0.3, -0.25) is 20.0 Å². The van der Waals surface area contributed by atoms with Gasteiger partial charge in [0.15, 0.2) is 0 Å². The third-order valence-electron chi connectivity index (χ3n) is 2.19. The van der Waals surface area contributed by atoms with Gasteiger partial charge in [-0.2, -0.15) is 5.10 Å². The largest absolute Gasteiger partial charge is 0.324 e. The van der Waals surface area contributed by atoms with Crippen LogP contribution < -0.4 is 5.32 Å². The van der Waals surface area contributed by atoms with E-state index in [-0.39, 0.29) is 11.4 Å². The van der Waals surface area contributed by atoms with Crippen molar-refractivity contribution >= 4 is 11.6 Å². The summed E-state index contributed by atoms with van der Waals surface area (Å²) in [5.41, 5.74) is 0.177. The van der Waals surface area contributed by atoms with Crippen molar-refractivity contribution in [3.63, 3.8) is 0 Å². The Kier molecular flexibility index (Phi) is 4.79. The second-order valence-corrected chi connectivity index (χ2v) is 3.41. The summed E-state index contributed by atoms with van der Waals surface area (Å²) < 4.78 is 0. The normalized spacial score (nSPS) is 11.8. The van der Waals surface area contributed by atoms with Crippen LogP contribution >= 0.6 is 0 Å². The number of amides is 1. The third kappa shape index (κ3) is 3.27. The lowest BCUT2D eigenvalue weighted by Gasteiger charge is -2.05. The quantitative estimate of drug-likeness (QED) is 0.473. The van der Waals surface area contributed by atoms with Gasteiger partial charge in [-0.1, -0.05) is 19.1 Å². The number of rotatable bonds is 5. The molecule has 0 atom stereocenters. The molecule has 0 aromatic carbocycles. The number of nitrogens with one attached hydrogen (secondary N) is 2. The maximum Gasteiger partial charge on any atom is 0.319 e. The van der Waals surface area contributed by atoms with Gasteiger partial charge in [0.25, 0.3) is 5.91 Å². The number of hydrogen-bond donors (Lipinski definition) is 2. The zero-order valence-corrected chi connectivity index (χ0v) is 10.1. The van der Waals surface area contributed by atoms with E-state index in [0.29, 0.717) is 12.1 Å². The van der Waals surface area contributed by atoms with Crippen molar-refractivity contribution in [1.29, 1.82) is 0 Å². The molecule has 0 radical (unpaired) electrons. The molecule has 0 unspecified atom stereocenters. The Labute approximate surface area is 104 Å². The molecule has 0 fully saturated rings. The lowest BCUT2D eigenvalue weighted by atomic mass is 10.2. The van der Waals surface area contributed by atoms with E-state index in [2.05, 4.69) is 15.5 Å². The van der Waals surface area contributed by atoms with E-state index in [4.69, 9.17) is 0 Å². The maximum absolute atomic E-state index is 11.8. The standard InChI is InChI=1S/C11H14N4O3/c1-3-5-6-8(4-2)13-11(16)10-9(15(17)18)7-12-14-10/h3,5-7H,4H2,1-2H3,(H,12,14)(H,13,16)/b5-3-,8-6+. The first-order valence-corrected chi connectivity index (χ1v) is 5.41. The molecule has 0 bridgehead atoms. The number of H-pyrrole nitrogens is 1. The Balaban J connectivity index is 2.88. The van der Waals surface area contributed by atoms with E-state index in [1.165, 1.54) is 0 Å². The lowest BCUT2D eigenvalue weighted by Crippen LogP contribution is -2.23. The minimum Gasteiger partial charge on any atom is -0.324 e. The molecule has 2 N–H and O–H groups in total. The molecule has 1 amide bonds. The molecule has 0 spiro atoms. The minimum absolute atomic E-state index is 0.153. The molecule has 1 heterocycles. The van der Waals surface area contributed by atoms with E-state index in [9.17, 15) is 14.9 Å². The Bertz CT molecular complexity index is 502. The molecule has 18 heavy (non-hydrogen) atoms. The van der Waals surface area contributed by atoms with Gasteiger partial charge in [0, 0.05) is 5.70 Å². The molecular weight excluding hydrogens is 236 g/mol. The SMILES string of the molecule is C/C=C\C=C(/CC)NC(=O)c1[nH]ncc1[N+](=O)[O-]. The number of hydrogen-bond acceptors (Lipinski definition) is 4. The van der Waals surface area contributed by atoms with Crippen LogP contribution in [-0.2, 0) is 0 Å². The predicted octanol–water partition coefficient (Wildman–Crippen LogP) is 1.92. The van der Waals surface area contributed by atoms with Crippen LogP contribution in [0.1, 0.15) is 30.8 Å². The third-order valence-corrected chi connectivity index (χ3v) is 2.19. The van der Waals surface area contributed by atoms with Crippen molar-refractivity contribution in [2.45, 2.75) is 20.3 Å². The van der Waals surface area contributed by atoms with Crippen molar-refractivity contribution in [1.82, 2.24) is 15.5 Å². The highest BCUT2D eigenvalue weighted by Crippen LogP contribution is 2.14. The number of carbonyl (C=O) groups excluding carboxylic acids is 1. The van der Waals surface area contributed by atoms with Crippen LogP contribution in [0.3, 0.4) is 0 Å². The van der Waals surface area contributed by atoms with Gasteiger partial charge in [-0.05, 0) is 19.4 Å². The lowest BCUT2D eigenvalue weighted by molar-refractivity contribution is -0.385. The van der Waals surface area contributed by atoms with Gasteiger partial charge in [0.1, 0.15) is 6.20 Å². The van der Waals surface area contributed by atoms with Gasteiger partial charge in [0.05, 0.1) is 4.92 Å². The number of carbonyl (C=O) groups is 1. The molecule has 0 saturated carbocycles. The molecule has 7 nitrogen and oxygen atoms in total. The van der Waals surface area contributed by atoms with Crippen LogP contribution in [-0.4, -0.2) is 21.0 Å². The van der Waals surface area contributed by atoms with Crippen molar-refractivity contribution in [3.8, 4) is 0 Å². The van der Waals surface area contributed by atoms with Gasteiger partial charge >= 0.3 is 5.69 Å². The molecular formula is C11H14N4O3. The van der Waals surface area contributed by atoms with Crippen LogP contribution in [0.2, 0.25) is 0 Å². The van der Waals surface area contributed by atoms with Crippen molar-refractivity contribution in [2.24, 2.45) is 0 Å². The maximum atomic E-state index is 11.8. The summed E-state index contributed by atoms with van der Waals surface area (Å²) in [6, 6.07) is 0. The van der Waals surface area contributed by atoms with Gasteiger partial charge in [-0.25, -0.2) is 0 Å². The Hall–Kier alpha value is -2.44. The Morgan fingerprint density at radius 3 is 2.94 bits per heavy atom. The van der Waals surface area contributed by atoms with Crippen LogP contribution in [0.25, 0.3) is 0 Å². The van der Waals surface area contributed by atoms with E-state index < -0.39 is 10.8 Å². The zero-order chi connectivity index (χ0) is 13.5. The second-order valence-electron chi connectivity index (χ2n) is 3.41. The number of nitrogens with zero attached hydrogens (tertiary/aromatic N) is 2. The molecule has 0 aliphatic carbocycles. The Morgan fingerprint density at radius 2 is 2.39 bits per heavy atom. The fraction of sp³-hybridized carbons (Fsp3) is 0.273. The summed E-state index contributed by atoms with van der Waals surface area (Å²) in [5, 5.41) is 19.1. The number of allylic oxidation sites excluding steroid dienone is 4.